The Balaban J connectivity index is 2.19. The van der Waals surface area contributed by atoms with Gasteiger partial charge in [0, 0.05) is 6.20 Å². The minimum atomic E-state index is 0.408. The minimum absolute atomic E-state index is 0.408. The molecule has 1 heterocycles. The molecule has 0 unspecified atom stereocenters. The average molecular weight is 164 g/mol. The Kier molecular flexibility index (Phi) is 1.91. The molecular weight excluding hydrogens is 148 g/mol. The van der Waals surface area contributed by atoms with Gasteiger partial charge in [0.1, 0.15) is 0 Å². The highest BCUT2D eigenvalue weighted by molar-refractivity contribution is 5.17. The molecule has 0 aliphatic heterocycles. The predicted molar refractivity (Wildman–Crippen MR) is 49.0 cm³/mol. The molecule has 66 valence electrons. The van der Waals surface area contributed by atoms with E-state index in [2.05, 4.69) is 17.1 Å². The average Bonchev–Trinajstić information content (AvgIpc) is 2.58. The SMILES string of the molecule is CC1(c2cn[nH]c2)CCCCC1. The summed E-state index contributed by atoms with van der Waals surface area (Å²) in [5, 5.41) is 6.92. The van der Waals surface area contributed by atoms with Gasteiger partial charge in [-0.05, 0) is 23.8 Å². The fourth-order valence-corrected chi connectivity index (χ4v) is 2.20. The van der Waals surface area contributed by atoms with Crippen molar-refractivity contribution in [1.29, 1.82) is 0 Å². The zero-order valence-electron chi connectivity index (χ0n) is 7.64. The highest BCUT2D eigenvalue weighted by atomic mass is 15.1. The molecule has 0 bridgehead atoms. The normalized spacial score (nSPS) is 22.4. The van der Waals surface area contributed by atoms with Crippen molar-refractivity contribution in [3.63, 3.8) is 0 Å². The predicted octanol–water partition coefficient (Wildman–Crippen LogP) is 2.63. The Hall–Kier alpha value is -0.790. The van der Waals surface area contributed by atoms with Crippen molar-refractivity contribution in [3.8, 4) is 0 Å². The number of hydrogen-bond acceptors (Lipinski definition) is 1. The van der Waals surface area contributed by atoms with Crippen LogP contribution in [0.15, 0.2) is 12.4 Å². The van der Waals surface area contributed by atoms with Crippen LogP contribution in [-0.4, -0.2) is 10.2 Å². The van der Waals surface area contributed by atoms with Crippen molar-refractivity contribution < 1.29 is 0 Å². The lowest BCUT2D eigenvalue weighted by Gasteiger charge is -2.32. The van der Waals surface area contributed by atoms with Gasteiger partial charge < -0.3 is 0 Å². The van der Waals surface area contributed by atoms with E-state index < -0.39 is 0 Å². The van der Waals surface area contributed by atoms with Crippen molar-refractivity contribution in [2.75, 3.05) is 0 Å². The van der Waals surface area contributed by atoms with Gasteiger partial charge in [-0.2, -0.15) is 5.10 Å². The molecule has 2 nitrogen and oxygen atoms in total. The molecule has 1 saturated carbocycles. The summed E-state index contributed by atoms with van der Waals surface area (Å²) in [6.07, 6.45) is 10.8. The maximum Gasteiger partial charge on any atom is 0.0524 e. The summed E-state index contributed by atoms with van der Waals surface area (Å²) in [5.41, 5.74) is 1.80. The largest absolute Gasteiger partial charge is 0.285 e. The van der Waals surface area contributed by atoms with Crippen LogP contribution in [0.25, 0.3) is 0 Å². The second kappa shape index (κ2) is 2.92. The van der Waals surface area contributed by atoms with E-state index in [1.165, 1.54) is 37.7 Å². The van der Waals surface area contributed by atoms with Crippen molar-refractivity contribution >= 4 is 0 Å². The fraction of sp³-hybridized carbons (Fsp3) is 0.700. The zero-order chi connectivity index (χ0) is 8.44. The molecular formula is C10H16N2. The number of aromatic amines is 1. The van der Waals surface area contributed by atoms with Crippen molar-refractivity contribution in [1.82, 2.24) is 10.2 Å². The fourth-order valence-electron chi connectivity index (χ4n) is 2.20. The quantitative estimate of drug-likeness (QED) is 0.679. The Bertz CT molecular complexity index is 232. The van der Waals surface area contributed by atoms with Crippen molar-refractivity contribution in [3.05, 3.63) is 18.0 Å². The van der Waals surface area contributed by atoms with Gasteiger partial charge >= 0.3 is 0 Å². The molecule has 2 rings (SSSR count). The molecule has 1 aliphatic carbocycles. The first kappa shape index (κ1) is 7.84. The molecule has 1 fully saturated rings. The molecule has 1 aliphatic rings. The van der Waals surface area contributed by atoms with Crippen LogP contribution in [0.4, 0.5) is 0 Å². The van der Waals surface area contributed by atoms with Gasteiger partial charge in [-0.25, -0.2) is 0 Å². The van der Waals surface area contributed by atoms with E-state index in [0.717, 1.165) is 0 Å². The van der Waals surface area contributed by atoms with Gasteiger partial charge in [0.25, 0.3) is 0 Å². The molecule has 0 atom stereocenters. The summed E-state index contributed by atoms with van der Waals surface area (Å²) in [6.45, 7) is 2.36. The Morgan fingerprint density at radius 2 is 2.08 bits per heavy atom. The lowest BCUT2D eigenvalue weighted by molar-refractivity contribution is 0.319. The van der Waals surface area contributed by atoms with E-state index in [1.807, 2.05) is 12.4 Å². The maximum absolute atomic E-state index is 4.02. The third kappa shape index (κ3) is 1.26. The summed E-state index contributed by atoms with van der Waals surface area (Å²) >= 11 is 0. The van der Waals surface area contributed by atoms with Crippen LogP contribution < -0.4 is 0 Å². The van der Waals surface area contributed by atoms with E-state index in [9.17, 15) is 0 Å². The lowest BCUT2D eigenvalue weighted by Crippen LogP contribution is -2.24. The van der Waals surface area contributed by atoms with E-state index in [-0.39, 0.29) is 0 Å². The molecule has 0 spiro atoms. The first-order valence-electron chi connectivity index (χ1n) is 4.80. The first-order valence-corrected chi connectivity index (χ1v) is 4.80. The summed E-state index contributed by atoms with van der Waals surface area (Å²) in [5.74, 6) is 0. The third-order valence-electron chi connectivity index (χ3n) is 3.15. The summed E-state index contributed by atoms with van der Waals surface area (Å²) in [4.78, 5) is 0. The number of nitrogens with one attached hydrogen (secondary N) is 1. The molecule has 0 aromatic carbocycles. The Morgan fingerprint density at radius 3 is 2.67 bits per heavy atom. The second-order valence-electron chi connectivity index (χ2n) is 4.11. The molecule has 2 heteroatoms. The molecule has 1 N–H and O–H groups in total. The van der Waals surface area contributed by atoms with Crippen LogP contribution in [-0.2, 0) is 5.41 Å². The Labute approximate surface area is 73.4 Å². The highest BCUT2D eigenvalue weighted by Gasteiger charge is 2.29. The summed E-state index contributed by atoms with van der Waals surface area (Å²) in [7, 11) is 0. The highest BCUT2D eigenvalue weighted by Crippen LogP contribution is 2.38. The van der Waals surface area contributed by atoms with Gasteiger partial charge in [0.2, 0.25) is 0 Å². The van der Waals surface area contributed by atoms with Crippen LogP contribution in [0.2, 0.25) is 0 Å². The molecule has 0 radical (unpaired) electrons. The van der Waals surface area contributed by atoms with Gasteiger partial charge in [0.15, 0.2) is 0 Å². The molecule has 1 aromatic rings. The molecule has 1 aromatic heterocycles. The van der Waals surface area contributed by atoms with E-state index >= 15 is 0 Å². The molecule has 12 heavy (non-hydrogen) atoms. The van der Waals surface area contributed by atoms with Gasteiger partial charge in [-0.3, -0.25) is 5.10 Å². The molecule has 0 saturated heterocycles. The summed E-state index contributed by atoms with van der Waals surface area (Å²) in [6, 6.07) is 0. The second-order valence-corrected chi connectivity index (χ2v) is 4.11. The third-order valence-corrected chi connectivity index (χ3v) is 3.15. The van der Waals surface area contributed by atoms with Crippen LogP contribution >= 0.6 is 0 Å². The van der Waals surface area contributed by atoms with Crippen molar-refractivity contribution in [2.45, 2.75) is 44.4 Å². The molecule has 0 amide bonds. The van der Waals surface area contributed by atoms with Crippen molar-refractivity contribution in [2.24, 2.45) is 0 Å². The number of nitrogens with zero attached hydrogens (tertiary/aromatic N) is 1. The monoisotopic (exact) mass is 164 g/mol. The standard InChI is InChI=1S/C10H16N2/c1-10(5-3-2-4-6-10)9-7-11-12-8-9/h7-8H,2-6H2,1H3,(H,11,12). The number of hydrogen-bond donors (Lipinski definition) is 1. The number of rotatable bonds is 1. The maximum atomic E-state index is 4.02. The minimum Gasteiger partial charge on any atom is -0.285 e. The number of aromatic nitrogens is 2. The van der Waals surface area contributed by atoms with Gasteiger partial charge in [-0.1, -0.05) is 26.2 Å². The lowest BCUT2D eigenvalue weighted by atomic mass is 9.72. The van der Waals surface area contributed by atoms with Crippen LogP contribution in [0.3, 0.4) is 0 Å². The van der Waals surface area contributed by atoms with Crippen LogP contribution in [0.5, 0.6) is 0 Å². The number of H-pyrrole nitrogens is 1. The zero-order valence-corrected chi connectivity index (χ0v) is 7.64. The van der Waals surface area contributed by atoms with Crippen LogP contribution in [0, 0.1) is 0 Å². The summed E-state index contributed by atoms with van der Waals surface area (Å²) < 4.78 is 0. The Morgan fingerprint density at radius 1 is 1.33 bits per heavy atom. The van der Waals surface area contributed by atoms with E-state index in [4.69, 9.17) is 0 Å². The van der Waals surface area contributed by atoms with Gasteiger partial charge in [0.05, 0.1) is 6.20 Å². The van der Waals surface area contributed by atoms with Gasteiger partial charge in [-0.15, -0.1) is 0 Å². The van der Waals surface area contributed by atoms with Crippen LogP contribution in [0.1, 0.15) is 44.6 Å². The topological polar surface area (TPSA) is 28.7 Å². The van der Waals surface area contributed by atoms with E-state index in [0.29, 0.717) is 5.41 Å². The smallest absolute Gasteiger partial charge is 0.0524 e. The first-order chi connectivity index (χ1) is 5.81. The van der Waals surface area contributed by atoms with E-state index in [1.54, 1.807) is 0 Å².